The Hall–Kier alpha value is -2.36. The Morgan fingerprint density at radius 1 is 1.22 bits per heavy atom. The number of nitrogens with two attached hydrogens (primary N) is 1. The Balaban J connectivity index is 2.83. The first kappa shape index (κ1) is 12.1. The molecule has 1 aromatic carbocycles. The molecule has 0 atom stereocenters. The average molecular weight is 242 g/mol. The second-order valence-corrected chi connectivity index (χ2v) is 4.17. The van der Waals surface area contributed by atoms with E-state index in [-0.39, 0.29) is 11.1 Å². The van der Waals surface area contributed by atoms with E-state index in [0.717, 1.165) is 11.3 Å². The number of nitrogens with zero attached hydrogens (tertiary/aromatic N) is 1. The third-order valence-corrected chi connectivity index (χ3v) is 3.00. The van der Waals surface area contributed by atoms with Gasteiger partial charge in [-0.25, -0.2) is 0 Å². The molecule has 18 heavy (non-hydrogen) atoms. The fourth-order valence-corrected chi connectivity index (χ4v) is 1.90. The summed E-state index contributed by atoms with van der Waals surface area (Å²) in [7, 11) is 1.62. The summed E-state index contributed by atoms with van der Waals surface area (Å²) in [4.78, 5) is 23.6. The molecule has 1 heterocycles. The van der Waals surface area contributed by atoms with Crippen molar-refractivity contribution in [3.05, 3.63) is 58.0 Å². The minimum atomic E-state index is -0.700. The first-order chi connectivity index (χ1) is 8.52. The number of rotatable bonds is 2. The Bertz CT molecular complexity index is 657. The van der Waals surface area contributed by atoms with Crippen LogP contribution in [0.15, 0.2) is 41.2 Å². The lowest BCUT2D eigenvalue weighted by molar-refractivity contribution is 0.0999. The minimum Gasteiger partial charge on any atom is -0.365 e. The number of pyridine rings is 1. The van der Waals surface area contributed by atoms with Crippen LogP contribution in [0.4, 0.5) is 0 Å². The average Bonchev–Trinajstić information content (AvgIpc) is 2.36. The maximum atomic E-state index is 12.1. The molecule has 1 aromatic heterocycles. The van der Waals surface area contributed by atoms with E-state index in [1.807, 2.05) is 37.3 Å². The van der Waals surface area contributed by atoms with E-state index in [2.05, 4.69) is 0 Å². The molecule has 92 valence electrons. The maximum absolute atomic E-state index is 12.1. The van der Waals surface area contributed by atoms with Crippen LogP contribution in [-0.2, 0) is 7.05 Å². The number of carbonyl (C=O) groups excluding carboxylic acids is 1. The smallest absolute Gasteiger partial charge is 0.263 e. The minimum absolute atomic E-state index is 0.0364. The van der Waals surface area contributed by atoms with Crippen LogP contribution in [0.25, 0.3) is 11.1 Å². The number of aryl methyl sites for hydroxylation is 1. The molecule has 0 saturated carbocycles. The van der Waals surface area contributed by atoms with Crippen LogP contribution in [0.3, 0.4) is 0 Å². The summed E-state index contributed by atoms with van der Waals surface area (Å²) in [5.41, 5.74) is 7.18. The topological polar surface area (TPSA) is 65.1 Å². The monoisotopic (exact) mass is 242 g/mol. The second-order valence-electron chi connectivity index (χ2n) is 4.17. The van der Waals surface area contributed by atoms with Crippen molar-refractivity contribution in [1.29, 1.82) is 0 Å². The van der Waals surface area contributed by atoms with E-state index in [9.17, 15) is 9.59 Å². The predicted octanol–water partition coefficient (Wildman–Crippen LogP) is 1.46. The van der Waals surface area contributed by atoms with Crippen molar-refractivity contribution in [2.45, 2.75) is 6.92 Å². The predicted molar refractivity (Wildman–Crippen MR) is 70.4 cm³/mol. The van der Waals surface area contributed by atoms with Gasteiger partial charge in [-0.1, -0.05) is 30.3 Å². The van der Waals surface area contributed by atoms with Gasteiger partial charge in [0.2, 0.25) is 0 Å². The number of amides is 1. The van der Waals surface area contributed by atoms with E-state index in [1.54, 1.807) is 13.1 Å². The van der Waals surface area contributed by atoms with E-state index >= 15 is 0 Å². The zero-order valence-corrected chi connectivity index (χ0v) is 10.3. The van der Waals surface area contributed by atoms with E-state index in [0.29, 0.717) is 5.56 Å². The fraction of sp³-hybridized carbons (Fsp3) is 0.143. The lowest BCUT2D eigenvalue weighted by Crippen LogP contribution is -2.30. The maximum Gasteiger partial charge on any atom is 0.263 e. The number of hydrogen-bond donors (Lipinski definition) is 1. The number of hydrogen-bond acceptors (Lipinski definition) is 2. The number of aromatic nitrogens is 1. The molecule has 0 aliphatic heterocycles. The third kappa shape index (κ3) is 1.93. The SMILES string of the molecule is Cc1cc(-c2ccccc2)c(C(N)=O)c(=O)n1C. The first-order valence-corrected chi connectivity index (χ1v) is 5.58. The molecule has 0 bridgehead atoms. The summed E-state index contributed by atoms with van der Waals surface area (Å²) < 4.78 is 1.42. The van der Waals surface area contributed by atoms with E-state index in [1.165, 1.54) is 4.57 Å². The van der Waals surface area contributed by atoms with Crippen molar-refractivity contribution < 1.29 is 4.79 Å². The second kappa shape index (κ2) is 4.49. The molecule has 0 unspecified atom stereocenters. The number of benzene rings is 1. The van der Waals surface area contributed by atoms with Crippen molar-refractivity contribution >= 4 is 5.91 Å². The normalized spacial score (nSPS) is 10.3. The van der Waals surface area contributed by atoms with Gasteiger partial charge in [-0.15, -0.1) is 0 Å². The lowest BCUT2D eigenvalue weighted by Gasteiger charge is -2.11. The molecule has 0 radical (unpaired) electrons. The zero-order valence-electron chi connectivity index (χ0n) is 10.3. The molecule has 4 nitrogen and oxygen atoms in total. The Morgan fingerprint density at radius 2 is 1.83 bits per heavy atom. The Morgan fingerprint density at radius 3 is 2.39 bits per heavy atom. The van der Waals surface area contributed by atoms with Gasteiger partial charge in [0.25, 0.3) is 11.5 Å². The number of primary amides is 1. The molecular formula is C14H14N2O2. The van der Waals surface area contributed by atoms with Gasteiger partial charge in [-0.2, -0.15) is 0 Å². The van der Waals surface area contributed by atoms with Crippen LogP contribution in [0.1, 0.15) is 16.1 Å². The highest BCUT2D eigenvalue weighted by molar-refractivity contribution is 5.99. The van der Waals surface area contributed by atoms with Crippen LogP contribution >= 0.6 is 0 Å². The van der Waals surface area contributed by atoms with Crippen molar-refractivity contribution in [3.63, 3.8) is 0 Å². The number of carbonyl (C=O) groups is 1. The van der Waals surface area contributed by atoms with Crippen molar-refractivity contribution in [2.24, 2.45) is 12.8 Å². The largest absolute Gasteiger partial charge is 0.365 e. The summed E-state index contributed by atoms with van der Waals surface area (Å²) in [5, 5.41) is 0. The molecule has 2 N–H and O–H groups in total. The van der Waals surface area contributed by atoms with Crippen LogP contribution < -0.4 is 11.3 Å². The van der Waals surface area contributed by atoms with Gasteiger partial charge in [0.15, 0.2) is 0 Å². The van der Waals surface area contributed by atoms with Gasteiger partial charge in [0.05, 0.1) is 0 Å². The summed E-state index contributed by atoms with van der Waals surface area (Å²) >= 11 is 0. The molecule has 1 amide bonds. The van der Waals surface area contributed by atoms with E-state index < -0.39 is 5.91 Å². The molecule has 0 saturated heterocycles. The van der Waals surface area contributed by atoms with Crippen LogP contribution in [-0.4, -0.2) is 10.5 Å². The zero-order chi connectivity index (χ0) is 13.3. The fourth-order valence-electron chi connectivity index (χ4n) is 1.90. The van der Waals surface area contributed by atoms with Crippen molar-refractivity contribution in [1.82, 2.24) is 4.57 Å². The molecular weight excluding hydrogens is 228 g/mol. The summed E-state index contributed by atoms with van der Waals surface area (Å²) in [5.74, 6) is -0.700. The molecule has 2 rings (SSSR count). The Kier molecular flexibility index (Phi) is 3.02. The van der Waals surface area contributed by atoms with Crippen molar-refractivity contribution in [3.8, 4) is 11.1 Å². The van der Waals surface area contributed by atoms with Crippen LogP contribution in [0.5, 0.6) is 0 Å². The molecule has 0 spiro atoms. The molecule has 0 aliphatic carbocycles. The Labute approximate surface area is 105 Å². The summed E-state index contributed by atoms with van der Waals surface area (Å²) in [6, 6.07) is 11.1. The molecule has 0 fully saturated rings. The quantitative estimate of drug-likeness (QED) is 0.866. The summed E-state index contributed by atoms with van der Waals surface area (Å²) in [6.45, 7) is 1.82. The van der Waals surface area contributed by atoms with Gasteiger partial charge < -0.3 is 10.3 Å². The van der Waals surface area contributed by atoms with Gasteiger partial charge >= 0.3 is 0 Å². The summed E-state index contributed by atoms with van der Waals surface area (Å²) in [6.07, 6.45) is 0. The third-order valence-electron chi connectivity index (χ3n) is 3.00. The van der Waals surface area contributed by atoms with Gasteiger partial charge in [0, 0.05) is 18.3 Å². The lowest BCUT2D eigenvalue weighted by atomic mass is 10.00. The molecule has 4 heteroatoms. The molecule has 0 aliphatic rings. The highest BCUT2D eigenvalue weighted by Crippen LogP contribution is 2.22. The highest BCUT2D eigenvalue weighted by Gasteiger charge is 2.16. The van der Waals surface area contributed by atoms with Gasteiger partial charge in [-0.05, 0) is 18.6 Å². The van der Waals surface area contributed by atoms with E-state index in [4.69, 9.17) is 5.73 Å². The first-order valence-electron chi connectivity index (χ1n) is 5.58. The van der Waals surface area contributed by atoms with Crippen LogP contribution in [0, 0.1) is 6.92 Å². The molecule has 2 aromatic rings. The van der Waals surface area contributed by atoms with Crippen molar-refractivity contribution in [2.75, 3.05) is 0 Å². The van der Waals surface area contributed by atoms with Gasteiger partial charge in [0.1, 0.15) is 5.56 Å². The van der Waals surface area contributed by atoms with Crippen LogP contribution in [0.2, 0.25) is 0 Å². The highest BCUT2D eigenvalue weighted by atomic mass is 16.2. The van der Waals surface area contributed by atoms with Gasteiger partial charge in [-0.3, -0.25) is 9.59 Å². The standard InChI is InChI=1S/C14H14N2O2/c1-9-8-11(10-6-4-3-5-7-10)12(13(15)17)14(18)16(9)2/h3-8H,1-2H3,(H2,15,17).